The van der Waals surface area contributed by atoms with Gasteiger partial charge >= 0.3 is 0 Å². The lowest BCUT2D eigenvalue weighted by atomic mass is 9.37. The Morgan fingerprint density at radius 1 is 0.520 bits per heavy atom. The average molecular weight is 667 g/mol. The monoisotopic (exact) mass is 666 g/mol. The van der Waals surface area contributed by atoms with Gasteiger partial charge in [-0.1, -0.05) is 219 Å². The lowest BCUT2D eigenvalue weighted by Gasteiger charge is -2.37. The smallest absolute Gasteiger partial charge is 0.241 e. The summed E-state index contributed by atoms with van der Waals surface area (Å²) < 4.78 is 2.35. The number of imidazole rings is 1. The molecule has 0 aliphatic carbocycles. The molecule has 0 aliphatic rings. The third kappa shape index (κ3) is 7.99. The SMILES string of the molecule is CC(C)c1cccc(C([SiH2]c2ccccc2)(c2cccc(C(C)C)c2)n2ccnc2)c1.c1ccc(B(c2ccccc2)c2ccccc2)cc1. The fraction of sp³-hybridized carbons (Fsp3) is 0.152. The molecular formula is C46H47BN2Si. The molecule has 0 spiro atoms. The first-order chi connectivity index (χ1) is 24.5. The molecule has 7 rings (SSSR count). The van der Waals surface area contributed by atoms with E-state index in [1.807, 2.05) is 12.5 Å². The molecule has 0 atom stereocenters. The van der Waals surface area contributed by atoms with Gasteiger partial charge in [0.05, 0.1) is 21.0 Å². The van der Waals surface area contributed by atoms with E-state index in [-0.39, 0.29) is 5.16 Å². The van der Waals surface area contributed by atoms with Gasteiger partial charge in [0, 0.05) is 12.4 Å². The molecule has 2 nitrogen and oxygen atoms in total. The maximum Gasteiger partial charge on any atom is 0.241 e. The van der Waals surface area contributed by atoms with Crippen molar-refractivity contribution < 1.29 is 0 Å². The standard InChI is InChI=1S/C28H32N2Si.C18H15B/c1-21(2)23-10-8-12-25(18-23)28(30-17-16-29-20-30,31-27-14-6-5-7-15-27)26-13-9-11-24(19-26)22(3)4;1-4-10-16(11-5-1)19(17-12-6-2-7-13-17)18-14-8-3-9-15-18/h5-22H,31H2,1-4H3;1-15H. The molecule has 50 heavy (non-hydrogen) atoms. The first-order valence-corrected chi connectivity index (χ1v) is 19.2. The molecule has 4 heteroatoms. The maximum atomic E-state index is 4.48. The van der Waals surface area contributed by atoms with E-state index in [1.54, 1.807) is 0 Å². The van der Waals surface area contributed by atoms with Crippen molar-refractivity contribution in [3.05, 3.63) is 211 Å². The first kappa shape index (κ1) is 34.7. The Morgan fingerprint density at radius 3 is 1.32 bits per heavy atom. The van der Waals surface area contributed by atoms with Crippen LogP contribution in [0.2, 0.25) is 0 Å². The van der Waals surface area contributed by atoms with Gasteiger partial charge in [0.1, 0.15) is 0 Å². The summed E-state index contributed by atoms with van der Waals surface area (Å²) in [5.41, 5.74) is 9.47. The summed E-state index contributed by atoms with van der Waals surface area (Å²) in [6.07, 6.45) is 6.05. The van der Waals surface area contributed by atoms with Crippen molar-refractivity contribution in [1.82, 2.24) is 9.55 Å². The molecule has 0 bridgehead atoms. The van der Waals surface area contributed by atoms with Crippen LogP contribution in [0.5, 0.6) is 0 Å². The summed E-state index contributed by atoms with van der Waals surface area (Å²) in [5, 5.41) is 1.20. The minimum absolute atomic E-state index is 0.242. The van der Waals surface area contributed by atoms with E-state index in [4.69, 9.17) is 0 Å². The van der Waals surface area contributed by atoms with E-state index < -0.39 is 9.52 Å². The summed E-state index contributed by atoms with van der Waals surface area (Å²) >= 11 is 0. The van der Waals surface area contributed by atoms with E-state index in [0.717, 1.165) is 0 Å². The molecular weight excluding hydrogens is 619 g/mol. The van der Waals surface area contributed by atoms with Gasteiger partial charge in [-0.2, -0.15) is 0 Å². The number of hydrogen-bond acceptors (Lipinski definition) is 1. The highest BCUT2D eigenvalue weighted by atomic mass is 28.2. The summed E-state index contributed by atoms with van der Waals surface area (Å²) in [5.74, 6) is 0.974. The van der Waals surface area contributed by atoms with Crippen LogP contribution < -0.4 is 21.6 Å². The molecule has 0 amide bonds. The second kappa shape index (κ2) is 16.5. The van der Waals surface area contributed by atoms with Crippen molar-refractivity contribution in [1.29, 1.82) is 0 Å². The Bertz CT molecular complexity index is 1880. The Labute approximate surface area is 301 Å². The van der Waals surface area contributed by atoms with Crippen molar-refractivity contribution >= 4 is 37.8 Å². The van der Waals surface area contributed by atoms with Crippen LogP contribution in [0.25, 0.3) is 0 Å². The second-order valence-electron chi connectivity index (χ2n) is 13.7. The van der Waals surface area contributed by atoms with Gasteiger partial charge < -0.3 is 4.57 Å². The van der Waals surface area contributed by atoms with Crippen LogP contribution in [0.1, 0.15) is 61.8 Å². The Kier molecular flexibility index (Phi) is 11.4. The number of benzene rings is 6. The zero-order chi connectivity index (χ0) is 34.8. The Balaban J connectivity index is 0.000000194. The molecule has 6 aromatic carbocycles. The van der Waals surface area contributed by atoms with E-state index in [0.29, 0.717) is 18.5 Å². The van der Waals surface area contributed by atoms with Crippen molar-refractivity contribution in [3.63, 3.8) is 0 Å². The number of rotatable bonds is 10. The van der Waals surface area contributed by atoms with Gasteiger partial charge in [-0.05, 0) is 34.1 Å². The van der Waals surface area contributed by atoms with Crippen molar-refractivity contribution in [3.8, 4) is 0 Å². The molecule has 0 N–H and O–H groups in total. The van der Waals surface area contributed by atoms with Gasteiger partial charge in [-0.3, -0.25) is 0 Å². The van der Waals surface area contributed by atoms with Gasteiger partial charge in [0.15, 0.2) is 0 Å². The largest absolute Gasteiger partial charge is 0.326 e. The van der Waals surface area contributed by atoms with Crippen molar-refractivity contribution in [2.24, 2.45) is 0 Å². The van der Waals surface area contributed by atoms with Crippen LogP contribution >= 0.6 is 0 Å². The molecule has 1 heterocycles. The average Bonchev–Trinajstić information content (AvgIpc) is 3.72. The molecule has 248 valence electrons. The molecule has 7 aromatic rings. The summed E-state index contributed by atoms with van der Waals surface area (Å²) in [6, 6.07) is 61.4. The van der Waals surface area contributed by atoms with E-state index in [2.05, 4.69) is 213 Å². The fourth-order valence-electron chi connectivity index (χ4n) is 6.96. The maximum absolute atomic E-state index is 4.48. The zero-order valence-corrected chi connectivity index (χ0v) is 31.1. The van der Waals surface area contributed by atoms with Crippen LogP contribution in [0.3, 0.4) is 0 Å². The first-order valence-electron chi connectivity index (χ1n) is 17.8. The highest BCUT2D eigenvalue weighted by molar-refractivity contribution is 6.95. The van der Waals surface area contributed by atoms with E-state index in [9.17, 15) is 0 Å². The lowest BCUT2D eigenvalue weighted by Crippen LogP contribution is -2.51. The van der Waals surface area contributed by atoms with Crippen LogP contribution in [0.4, 0.5) is 0 Å². The van der Waals surface area contributed by atoms with Crippen LogP contribution in [-0.4, -0.2) is 25.8 Å². The van der Waals surface area contributed by atoms with Crippen LogP contribution in [0, 0.1) is 0 Å². The molecule has 0 saturated heterocycles. The van der Waals surface area contributed by atoms with Crippen molar-refractivity contribution in [2.75, 3.05) is 0 Å². The number of hydrogen-bond donors (Lipinski definition) is 0. The molecule has 0 fully saturated rings. The fourth-order valence-corrected chi connectivity index (χ4v) is 9.28. The second-order valence-corrected chi connectivity index (χ2v) is 15.9. The van der Waals surface area contributed by atoms with Gasteiger partial charge in [-0.25, -0.2) is 4.98 Å². The highest BCUT2D eigenvalue weighted by Crippen LogP contribution is 2.36. The molecule has 0 radical (unpaired) electrons. The van der Waals surface area contributed by atoms with Gasteiger partial charge in [0.25, 0.3) is 0 Å². The van der Waals surface area contributed by atoms with Crippen LogP contribution in [0.15, 0.2) is 189 Å². The predicted octanol–water partition coefficient (Wildman–Crippen LogP) is 7.58. The highest BCUT2D eigenvalue weighted by Gasteiger charge is 2.37. The predicted molar refractivity (Wildman–Crippen MR) is 218 cm³/mol. The van der Waals surface area contributed by atoms with Crippen LogP contribution in [-0.2, 0) is 5.16 Å². The minimum atomic E-state index is -0.828. The third-order valence-corrected chi connectivity index (χ3v) is 12.3. The van der Waals surface area contributed by atoms with Crippen molar-refractivity contribution in [2.45, 2.75) is 44.7 Å². The number of aromatic nitrogens is 2. The molecule has 1 aromatic heterocycles. The van der Waals surface area contributed by atoms with E-state index >= 15 is 0 Å². The Hall–Kier alpha value is -5.19. The third-order valence-electron chi connectivity index (χ3n) is 9.71. The zero-order valence-electron chi connectivity index (χ0n) is 29.7. The van der Waals surface area contributed by atoms with Gasteiger partial charge in [-0.15, -0.1) is 0 Å². The molecule has 0 saturated carbocycles. The van der Waals surface area contributed by atoms with E-state index in [1.165, 1.54) is 43.8 Å². The quantitative estimate of drug-likeness (QED) is 0.138. The number of nitrogens with zero attached hydrogens (tertiary/aromatic N) is 2. The summed E-state index contributed by atoms with van der Waals surface area (Å²) in [7, 11) is -0.828. The molecule has 0 unspecified atom stereocenters. The molecule has 0 aliphatic heterocycles. The van der Waals surface area contributed by atoms with Gasteiger partial charge in [0.2, 0.25) is 6.71 Å². The lowest BCUT2D eigenvalue weighted by molar-refractivity contribution is 0.593. The minimum Gasteiger partial charge on any atom is -0.326 e. The summed E-state index contributed by atoms with van der Waals surface area (Å²) in [4.78, 5) is 4.48. The Morgan fingerprint density at radius 2 is 0.940 bits per heavy atom. The summed E-state index contributed by atoms with van der Waals surface area (Å²) in [6.45, 7) is 9.39. The topological polar surface area (TPSA) is 17.8 Å². The normalized spacial score (nSPS) is 11.5.